The van der Waals surface area contributed by atoms with Crippen molar-refractivity contribution < 1.29 is 9.59 Å². The Morgan fingerprint density at radius 2 is 1.95 bits per heavy atom. The standard InChI is InChI=1S/C17H17NO2/c1-4-7-12(2)17(20)18(13(3)19)16-10-14-8-5-6-9-15(14)11-16/h4-10H,1,11H2,2-3H3. The number of benzene rings is 1. The zero-order valence-electron chi connectivity index (χ0n) is 11.7. The summed E-state index contributed by atoms with van der Waals surface area (Å²) in [6.07, 6.45) is 5.66. The van der Waals surface area contributed by atoms with E-state index in [-0.39, 0.29) is 11.8 Å². The molecule has 0 N–H and O–H groups in total. The first-order valence-corrected chi connectivity index (χ1v) is 6.47. The quantitative estimate of drug-likeness (QED) is 0.623. The number of carbonyl (C=O) groups is 2. The Morgan fingerprint density at radius 1 is 1.25 bits per heavy atom. The lowest BCUT2D eigenvalue weighted by atomic mass is 10.1. The van der Waals surface area contributed by atoms with Crippen LogP contribution in [0.1, 0.15) is 25.0 Å². The van der Waals surface area contributed by atoms with Gasteiger partial charge in [-0.05, 0) is 24.1 Å². The van der Waals surface area contributed by atoms with Crippen LogP contribution in [0.25, 0.3) is 6.08 Å². The molecule has 1 aliphatic carbocycles. The van der Waals surface area contributed by atoms with Gasteiger partial charge in [0.05, 0.1) is 0 Å². The second-order valence-electron chi connectivity index (χ2n) is 4.76. The molecule has 1 aromatic carbocycles. The predicted molar refractivity (Wildman–Crippen MR) is 79.6 cm³/mol. The van der Waals surface area contributed by atoms with Crippen LogP contribution >= 0.6 is 0 Å². The van der Waals surface area contributed by atoms with Crippen molar-refractivity contribution in [1.82, 2.24) is 4.90 Å². The van der Waals surface area contributed by atoms with Crippen LogP contribution in [-0.2, 0) is 16.0 Å². The zero-order chi connectivity index (χ0) is 14.7. The molecule has 0 saturated carbocycles. The Morgan fingerprint density at radius 3 is 2.55 bits per heavy atom. The number of amides is 2. The fourth-order valence-electron chi connectivity index (χ4n) is 2.31. The van der Waals surface area contributed by atoms with Gasteiger partial charge in [-0.25, -0.2) is 0 Å². The molecule has 1 aliphatic rings. The maximum absolute atomic E-state index is 12.4. The lowest BCUT2D eigenvalue weighted by molar-refractivity contribution is -0.138. The number of hydrogen-bond acceptors (Lipinski definition) is 2. The van der Waals surface area contributed by atoms with E-state index < -0.39 is 0 Å². The molecule has 1 aromatic rings. The van der Waals surface area contributed by atoms with Crippen LogP contribution in [0.5, 0.6) is 0 Å². The van der Waals surface area contributed by atoms with Gasteiger partial charge in [-0.2, -0.15) is 0 Å². The van der Waals surface area contributed by atoms with Gasteiger partial charge in [0, 0.05) is 24.6 Å². The van der Waals surface area contributed by atoms with E-state index in [1.165, 1.54) is 11.8 Å². The monoisotopic (exact) mass is 267 g/mol. The zero-order valence-corrected chi connectivity index (χ0v) is 11.7. The van der Waals surface area contributed by atoms with Gasteiger partial charge >= 0.3 is 0 Å². The van der Waals surface area contributed by atoms with Crippen molar-refractivity contribution in [3.63, 3.8) is 0 Å². The predicted octanol–water partition coefficient (Wildman–Crippen LogP) is 3.09. The second kappa shape index (κ2) is 5.70. The molecule has 0 heterocycles. The number of fused-ring (bicyclic) bond motifs is 1. The minimum Gasteiger partial charge on any atom is -0.274 e. The number of nitrogens with zero attached hydrogens (tertiary/aromatic N) is 1. The lowest BCUT2D eigenvalue weighted by Crippen LogP contribution is -2.35. The minimum absolute atomic E-state index is 0.272. The van der Waals surface area contributed by atoms with Crippen molar-refractivity contribution in [2.75, 3.05) is 0 Å². The average molecular weight is 267 g/mol. The maximum Gasteiger partial charge on any atom is 0.260 e. The molecule has 0 aromatic heterocycles. The summed E-state index contributed by atoms with van der Waals surface area (Å²) < 4.78 is 0. The van der Waals surface area contributed by atoms with Gasteiger partial charge in [-0.3, -0.25) is 14.5 Å². The number of imide groups is 1. The van der Waals surface area contributed by atoms with Gasteiger partial charge < -0.3 is 0 Å². The Bertz CT molecular complexity index is 638. The SMILES string of the molecule is C=CC=C(C)C(=O)N(C(C)=O)C1=Cc2ccccc2C1. The highest BCUT2D eigenvalue weighted by molar-refractivity contribution is 6.05. The normalized spacial score (nSPS) is 13.5. The van der Waals surface area contributed by atoms with E-state index in [1.807, 2.05) is 30.3 Å². The van der Waals surface area contributed by atoms with Crippen molar-refractivity contribution in [3.05, 3.63) is 65.4 Å². The first-order valence-electron chi connectivity index (χ1n) is 6.47. The van der Waals surface area contributed by atoms with Crippen molar-refractivity contribution in [3.8, 4) is 0 Å². The second-order valence-corrected chi connectivity index (χ2v) is 4.76. The van der Waals surface area contributed by atoms with Gasteiger partial charge in [0.2, 0.25) is 5.91 Å². The summed E-state index contributed by atoms with van der Waals surface area (Å²) in [4.78, 5) is 25.4. The fraction of sp³-hybridized carbons (Fsp3) is 0.176. The molecule has 102 valence electrons. The molecule has 3 heteroatoms. The summed E-state index contributed by atoms with van der Waals surface area (Å²) >= 11 is 0. The van der Waals surface area contributed by atoms with E-state index in [9.17, 15) is 9.59 Å². The molecule has 0 bridgehead atoms. The van der Waals surface area contributed by atoms with E-state index in [2.05, 4.69) is 6.58 Å². The average Bonchev–Trinajstić information content (AvgIpc) is 2.81. The van der Waals surface area contributed by atoms with Crippen LogP contribution in [0.2, 0.25) is 0 Å². The summed E-state index contributed by atoms with van der Waals surface area (Å²) in [5.41, 5.74) is 3.41. The number of carbonyl (C=O) groups excluding carboxylic acids is 2. The summed E-state index contributed by atoms with van der Waals surface area (Å²) in [6, 6.07) is 7.89. The van der Waals surface area contributed by atoms with Crippen molar-refractivity contribution in [2.45, 2.75) is 20.3 Å². The molecule has 2 rings (SSSR count). The Labute approximate surface area is 118 Å². The number of allylic oxidation sites excluding steroid dienone is 3. The molecule has 0 fully saturated rings. The molecular formula is C17H17NO2. The highest BCUT2D eigenvalue weighted by atomic mass is 16.2. The lowest BCUT2D eigenvalue weighted by Gasteiger charge is -2.20. The van der Waals surface area contributed by atoms with E-state index in [0.717, 1.165) is 16.8 Å². The van der Waals surface area contributed by atoms with E-state index in [4.69, 9.17) is 0 Å². The van der Waals surface area contributed by atoms with Crippen LogP contribution in [0.4, 0.5) is 0 Å². The van der Waals surface area contributed by atoms with Crippen molar-refractivity contribution in [1.29, 1.82) is 0 Å². The molecule has 3 nitrogen and oxygen atoms in total. The molecule has 0 unspecified atom stereocenters. The van der Waals surface area contributed by atoms with E-state index in [0.29, 0.717) is 12.0 Å². The highest BCUT2D eigenvalue weighted by Crippen LogP contribution is 2.27. The molecular weight excluding hydrogens is 250 g/mol. The molecule has 2 amide bonds. The summed E-state index contributed by atoms with van der Waals surface area (Å²) in [5.74, 6) is -0.567. The Kier molecular flexibility index (Phi) is 3.99. The summed E-state index contributed by atoms with van der Waals surface area (Å²) in [7, 11) is 0. The summed E-state index contributed by atoms with van der Waals surface area (Å²) in [6.45, 7) is 6.66. The molecule has 0 spiro atoms. The van der Waals surface area contributed by atoms with Crippen LogP contribution in [0.15, 0.2) is 54.3 Å². The Balaban J connectivity index is 2.34. The van der Waals surface area contributed by atoms with E-state index in [1.54, 1.807) is 19.1 Å². The third kappa shape index (κ3) is 2.62. The third-order valence-electron chi connectivity index (χ3n) is 3.26. The van der Waals surface area contributed by atoms with Gasteiger partial charge in [-0.1, -0.05) is 43.0 Å². The maximum atomic E-state index is 12.4. The minimum atomic E-state index is -0.295. The molecule has 0 saturated heterocycles. The van der Waals surface area contributed by atoms with Crippen molar-refractivity contribution in [2.24, 2.45) is 0 Å². The van der Waals surface area contributed by atoms with Crippen LogP contribution in [0.3, 0.4) is 0 Å². The molecule has 20 heavy (non-hydrogen) atoms. The first-order chi connectivity index (χ1) is 9.54. The smallest absolute Gasteiger partial charge is 0.260 e. The van der Waals surface area contributed by atoms with Gasteiger partial charge in [-0.15, -0.1) is 0 Å². The van der Waals surface area contributed by atoms with Gasteiger partial charge in [0.25, 0.3) is 5.91 Å². The first kappa shape index (κ1) is 14.0. The highest BCUT2D eigenvalue weighted by Gasteiger charge is 2.26. The fourth-order valence-corrected chi connectivity index (χ4v) is 2.31. The third-order valence-corrected chi connectivity index (χ3v) is 3.26. The van der Waals surface area contributed by atoms with Gasteiger partial charge in [0.15, 0.2) is 0 Å². The number of hydrogen-bond donors (Lipinski definition) is 0. The van der Waals surface area contributed by atoms with Gasteiger partial charge in [0.1, 0.15) is 0 Å². The van der Waals surface area contributed by atoms with Crippen LogP contribution < -0.4 is 0 Å². The largest absolute Gasteiger partial charge is 0.274 e. The molecule has 0 radical (unpaired) electrons. The Hall–Kier alpha value is -2.42. The topological polar surface area (TPSA) is 37.4 Å². The molecule has 0 aliphatic heterocycles. The van der Waals surface area contributed by atoms with Crippen molar-refractivity contribution >= 4 is 17.9 Å². The van der Waals surface area contributed by atoms with Crippen LogP contribution in [0, 0.1) is 0 Å². The number of rotatable bonds is 3. The van der Waals surface area contributed by atoms with E-state index >= 15 is 0 Å². The molecule has 0 atom stereocenters. The van der Waals surface area contributed by atoms with Crippen LogP contribution in [-0.4, -0.2) is 16.7 Å². The summed E-state index contributed by atoms with van der Waals surface area (Å²) in [5, 5.41) is 0.